The zero-order valence-electron chi connectivity index (χ0n) is 4.84. The van der Waals surface area contributed by atoms with Crippen molar-refractivity contribution in [3.63, 3.8) is 0 Å². The van der Waals surface area contributed by atoms with Gasteiger partial charge in [0.2, 0.25) is 0 Å². The second-order valence-corrected chi connectivity index (χ2v) is 2.11. The molecule has 0 bridgehead atoms. The molecule has 0 unspecified atom stereocenters. The van der Waals surface area contributed by atoms with Crippen LogP contribution in [0.15, 0.2) is 24.5 Å². The van der Waals surface area contributed by atoms with Crippen molar-refractivity contribution in [2.75, 3.05) is 10.8 Å². The van der Waals surface area contributed by atoms with Crippen molar-refractivity contribution < 1.29 is 0 Å². The van der Waals surface area contributed by atoms with Gasteiger partial charge in [-0.3, -0.25) is 4.98 Å². The van der Waals surface area contributed by atoms with Crippen molar-refractivity contribution in [2.45, 2.75) is 0 Å². The highest BCUT2D eigenvalue weighted by atomic mass is 79.9. The van der Waals surface area contributed by atoms with Gasteiger partial charge in [-0.25, -0.2) is 0 Å². The molecule has 0 spiro atoms. The van der Waals surface area contributed by atoms with Crippen LogP contribution in [0.5, 0.6) is 0 Å². The second kappa shape index (κ2) is 3.45. The van der Waals surface area contributed by atoms with Crippen molar-refractivity contribution in [2.24, 2.45) is 0 Å². The fraction of sp³-hybridized carbons (Fsp3) is 0.167. The first-order valence-corrected chi connectivity index (χ1v) is 3.75. The standard InChI is InChI=1S/C6H7BrN2/c7-5-9-6-1-3-8-4-2-6/h1-4H,5H2,(H,8,9). The van der Waals surface area contributed by atoms with Crippen LogP contribution in [-0.4, -0.2) is 10.4 Å². The molecule has 9 heavy (non-hydrogen) atoms. The normalized spacial score (nSPS) is 9.00. The third-order valence-electron chi connectivity index (χ3n) is 0.951. The molecule has 1 heterocycles. The molecule has 48 valence electrons. The Morgan fingerprint density at radius 1 is 1.44 bits per heavy atom. The Hall–Kier alpha value is -0.570. The molecule has 1 rings (SSSR count). The highest BCUT2D eigenvalue weighted by molar-refractivity contribution is 9.09. The third kappa shape index (κ3) is 2.01. The van der Waals surface area contributed by atoms with E-state index < -0.39 is 0 Å². The predicted octanol–water partition coefficient (Wildman–Crippen LogP) is 1.85. The molecule has 0 aromatic carbocycles. The van der Waals surface area contributed by atoms with Gasteiger partial charge in [0, 0.05) is 18.1 Å². The lowest BCUT2D eigenvalue weighted by molar-refractivity contribution is 1.31. The number of aromatic nitrogens is 1. The van der Waals surface area contributed by atoms with Crippen LogP contribution in [0.4, 0.5) is 5.69 Å². The van der Waals surface area contributed by atoms with Gasteiger partial charge < -0.3 is 5.32 Å². The van der Waals surface area contributed by atoms with E-state index in [1.54, 1.807) is 12.4 Å². The summed E-state index contributed by atoms with van der Waals surface area (Å²) < 4.78 is 0. The van der Waals surface area contributed by atoms with E-state index >= 15 is 0 Å². The van der Waals surface area contributed by atoms with Crippen LogP contribution in [0.1, 0.15) is 0 Å². The monoisotopic (exact) mass is 186 g/mol. The molecule has 1 N–H and O–H groups in total. The average Bonchev–Trinajstić information content (AvgIpc) is 1.91. The number of halogens is 1. The summed E-state index contributed by atoms with van der Waals surface area (Å²) in [5.74, 6) is 0. The van der Waals surface area contributed by atoms with E-state index in [1.165, 1.54) is 0 Å². The van der Waals surface area contributed by atoms with Crippen LogP contribution in [-0.2, 0) is 0 Å². The smallest absolute Gasteiger partial charge is 0.0707 e. The number of alkyl halides is 1. The van der Waals surface area contributed by atoms with Gasteiger partial charge in [0.05, 0.1) is 5.45 Å². The van der Waals surface area contributed by atoms with E-state index in [-0.39, 0.29) is 0 Å². The van der Waals surface area contributed by atoms with E-state index in [0.29, 0.717) is 0 Å². The summed E-state index contributed by atoms with van der Waals surface area (Å²) in [7, 11) is 0. The number of nitrogens with zero attached hydrogens (tertiary/aromatic N) is 1. The fourth-order valence-corrected chi connectivity index (χ4v) is 0.871. The minimum atomic E-state index is 0.775. The summed E-state index contributed by atoms with van der Waals surface area (Å²) in [6.07, 6.45) is 3.51. The maximum absolute atomic E-state index is 3.87. The molecule has 1 aromatic heterocycles. The summed E-state index contributed by atoms with van der Waals surface area (Å²) in [5.41, 5.74) is 1.86. The van der Waals surface area contributed by atoms with Gasteiger partial charge in [-0.1, -0.05) is 15.9 Å². The van der Waals surface area contributed by atoms with Gasteiger partial charge in [0.25, 0.3) is 0 Å². The van der Waals surface area contributed by atoms with Crippen LogP contribution in [0.3, 0.4) is 0 Å². The topological polar surface area (TPSA) is 24.9 Å². The lowest BCUT2D eigenvalue weighted by Gasteiger charge is -1.97. The Balaban J connectivity index is 2.61. The summed E-state index contributed by atoms with van der Waals surface area (Å²) in [4.78, 5) is 3.87. The molecule has 0 aliphatic heterocycles. The SMILES string of the molecule is BrCNc1ccncc1. The maximum atomic E-state index is 3.87. The molecule has 0 amide bonds. The Kier molecular flexibility index (Phi) is 2.51. The predicted molar refractivity (Wildman–Crippen MR) is 41.7 cm³/mol. The number of hydrogen-bond donors (Lipinski definition) is 1. The molecule has 0 fully saturated rings. The van der Waals surface area contributed by atoms with E-state index in [9.17, 15) is 0 Å². The second-order valence-electron chi connectivity index (χ2n) is 1.55. The van der Waals surface area contributed by atoms with Gasteiger partial charge >= 0.3 is 0 Å². The highest BCUT2D eigenvalue weighted by Gasteiger charge is 1.83. The van der Waals surface area contributed by atoms with E-state index in [2.05, 4.69) is 26.2 Å². The third-order valence-corrected chi connectivity index (χ3v) is 1.23. The molecule has 2 nitrogen and oxygen atoms in total. The van der Waals surface area contributed by atoms with Crippen molar-refractivity contribution in [3.05, 3.63) is 24.5 Å². The molecule has 0 saturated carbocycles. The number of hydrogen-bond acceptors (Lipinski definition) is 2. The zero-order valence-corrected chi connectivity index (χ0v) is 6.43. The molecule has 0 saturated heterocycles. The van der Waals surface area contributed by atoms with Crippen LogP contribution >= 0.6 is 15.9 Å². The fourth-order valence-electron chi connectivity index (χ4n) is 0.547. The lowest BCUT2D eigenvalue weighted by atomic mass is 10.4. The lowest BCUT2D eigenvalue weighted by Crippen LogP contribution is -1.92. The molecule has 0 atom stereocenters. The Morgan fingerprint density at radius 3 is 2.67 bits per heavy atom. The minimum Gasteiger partial charge on any atom is -0.375 e. The van der Waals surface area contributed by atoms with Gasteiger partial charge in [-0.2, -0.15) is 0 Å². The molecule has 0 radical (unpaired) electrons. The van der Waals surface area contributed by atoms with Crippen LogP contribution in [0, 0.1) is 0 Å². The first-order chi connectivity index (χ1) is 4.43. The molecule has 3 heteroatoms. The van der Waals surface area contributed by atoms with Crippen molar-refractivity contribution >= 4 is 21.6 Å². The number of anilines is 1. The van der Waals surface area contributed by atoms with E-state index in [0.717, 1.165) is 11.1 Å². The van der Waals surface area contributed by atoms with E-state index in [1.807, 2.05) is 12.1 Å². The van der Waals surface area contributed by atoms with Crippen LogP contribution in [0.25, 0.3) is 0 Å². The van der Waals surface area contributed by atoms with Crippen LogP contribution in [0.2, 0.25) is 0 Å². The quantitative estimate of drug-likeness (QED) is 0.564. The molecule has 0 aliphatic rings. The number of nitrogens with one attached hydrogen (secondary N) is 1. The van der Waals surface area contributed by atoms with Crippen molar-refractivity contribution in [1.82, 2.24) is 4.98 Å². The van der Waals surface area contributed by atoms with Crippen molar-refractivity contribution in [3.8, 4) is 0 Å². The first-order valence-electron chi connectivity index (χ1n) is 2.63. The Labute approximate surface area is 62.4 Å². The molecule has 0 aliphatic carbocycles. The van der Waals surface area contributed by atoms with Crippen LogP contribution < -0.4 is 5.32 Å². The average molecular weight is 187 g/mol. The van der Waals surface area contributed by atoms with Gasteiger partial charge in [0.1, 0.15) is 0 Å². The minimum absolute atomic E-state index is 0.775. The Bertz CT molecular complexity index is 164. The van der Waals surface area contributed by atoms with Gasteiger partial charge in [-0.05, 0) is 12.1 Å². The molecule has 1 aromatic rings. The largest absolute Gasteiger partial charge is 0.375 e. The Morgan fingerprint density at radius 2 is 2.11 bits per heavy atom. The molecular formula is C6H7BrN2. The number of rotatable bonds is 2. The summed E-state index contributed by atoms with van der Waals surface area (Å²) in [6.45, 7) is 0. The van der Waals surface area contributed by atoms with Crippen molar-refractivity contribution in [1.29, 1.82) is 0 Å². The van der Waals surface area contributed by atoms with E-state index in [4.69, 9.17) is 0 Å². The summed E-state index contributed by atoms with van der Waals surface area (Å²) in [5, 5.41) is 3.08. The molecular weight excluding hydrogens is 180 g/mol. The number of pyridine rings is 1. The van der Waals surface area contributed by atoms with Gasteiger partial charge in [0.15, 0.2) is 0 Å². The first kappa shape index (κ1) is 6.55. The highest BCUT2D eigenvalue weighted by Crippen LogP contribution is 2.02. The zero-order chi connectivity index (χ0) is 6.53. The van der Waals surface area contributed by atoms with Gasteiger partial charge in [-0.15, -0.1) is 0 Å². The maximum Gasteiger partial charge on any atom is 0.0707 e. The summed E-state index contributed by atoms with van der Waals surface area (Å²) in [6, 6.07) is 3.84. The summed E-state index contributed by atoms with van der Waals surface area (Å²) >= 11 is 3.25.